The molecule has 1 aliphatic rings. The molecule has 11 heteroatoms. The number of nitrogens with one attached hydrogen (secondary N) is 1. The molecule has 0 radical (unpaired) electrons. The Labute approximate surface area is 110 Å². The molecule has 1 aromatic heterocycles. The van der Waals surface area contributed by atoms with E-state index in [1.165, 1.54) is 12.2 Å². The molecule has 0 bridgehead atoms. The molecule has 0 amide bonds. The van der Waals surface area contributed by atoms with Crippen molar-refractivity contribution in [1.82, 2.24) is 9.55 Å². The number of halogens is 1. The van der Waals surface area contributed by atoms with Crippen molar-refractivity contribution in [3.05, 3.63) is 45.0 Å². The number of aromatic nitrogens is 2. The topological polar surface area (TPSA) is 131 Å². The second-order valence-corrected chi connectivity index (χ2v) is 5.47. The first kappa shape index (κ1) is 14.8. The minimum Gasteiger partial charge on any atom is -0.336 e. The maximum Gasteiger partial charge on any atom is 0.351 e. The van der Waals surface area contributed by atoms with Crippen molar-refractivity contribution in [2.45, 2.75) is 12.5 Å². The monoisotopic (exact) mass is 308 g/mol. The molecule has 1 aromatic rings. The van der Waals surface area contributed by atoms with Crippen LogP contribution in [0.2, 0.25) is 0 Å². The second kappa shape index (κ2) is 5.43. The summed E-state index contributed by atoms with van der Waals surface area (Å²) in [5, 5.41) is 0. The third kappa shape index (κ3) is 3.50. The standard InChI is InChI=1S/C9H10FN2O7P/c10-5-3-12(9(14)11-8(5)13)6-1-2-7(19-6)18-4-20(15,16)17/h1-3,6-7H,4H2,(H,11,13,14)(H2,15,16,17)/t6-,7+/m1/s1. The van der Waals surface area contributed by atoms with Crippen molar-refractivity contribution in [2.24, 2.45) is 0 Å². The summed E-state index contributed by atoms with van der Waals surface area (Å²) < 4.78 is 34.4. The number of hydrogen-bond acceptors (Lipinski definition) is 5. The van der Waals surface area contributed by atoms with Gasteiger partial charge in [0, 0.05) is 0 Å². The SMILES string of the molecule is O=c1[nH]c(=O)n([C@H]2C=C[C@@H](OCP(=O)(O)O)O2)cc1F. The fourth-order valence-corrected chi connectivity index (χ4v) is 1.83. The highest BCUT2D eigenvalue weighted by Crippen LogP contribution is 2.35. The van der Waals surface area contributed by atoms with Gasteiger partial charge in [0.25, 0.3) is 5.56 Å². The molecular weight excluding hydrogens is 298 g/mol. The summed E-state index contributed by atoms with van der Waals surface area (Å²) in [4.78, 5) is 41.4. The molecule has 0 saturated heterocycles. The number of rotatable bonds is 4. The lowest BCUT2D eigenvalue weighted by atomic mass is 10.5. The van der Waals surface area contributed by atoms with Gasteiger partial charge in [-0.25, -0.2) is 4.79 Å². The molecule has 0 saturated carbocycles. The van der Waals surface area contributed by atoms with Crippen LogP contribution in [0.4, 0.5) is 4.39 Å². The zero-order valence-corrected chi connectivity index (χ0v) is 10.7. The molecule has 1 aliphatic heterocycles. The zero-order valence-electron chi connectivity index (χ0n) is 9.80. The van der Waals surface area contributed by atoms with Gasteiger partial charge in [-0.2, -0.15) is 4.39 Å². The van der Waals surface area contributed by atoms with E-state index in [4.69, 9.17) is 19.3 Å². The maximum atomic E-state index is 13.1. The fraction of sp³-hybridized carbons (Fsp3) is 0.333. The van der Waals surface area contributed by atoms with E-state index in [2.05, 4.69) is 0 Å². The van der Waals surface area contributed by atoms with E-state index in [1.807, 2.05) is 0 Å². The van der Waals surface area contributed by atoms with Crippen LogP contribution in [0.3, 0.4) is 0 Å². The molecule has 9 nitrogen and oxygen atoms in total. The van der Waals surface area contributed by atoms with Crippen molar-refractivity contribution in [3.8, 4) is 0 Å². The Kier molecular flexibility index (Phi) is 4.02. The molecule has 0 fully saturated rings. The van der Waals surface area contributed by atoms with Gasteiger partial charge in [-0.1, -0.05) is 0 Å². The molecule has 3 N–H and O–H groups in total. The highest BCUT2D eigenvalue weighted by Gasteiger charge is 2.25. The third-order valence-corrected chi connectivity index (χ3v) is 2.80. The molecule has 0 unspecified atom stereocenters. The Bertz CT molecular complexity index is 690. The summed E-state index contributed by atoms with van der Waals surface area (Å²) in [6.45, 7) is 0. The van der Waals surface area contributed by atoms with Gasteiger partial charge in [0.1, 0.15) is 0 Å². The normalized spacial score (nSPS) is 22.4. The van der Waals surface area contributed by atoms with Gasteiger partial charge in [-0.15, -0.1) is 0 Å². The van der Waals surface area contributed by atoms with Gasteiger partial charge >= 0.3 is 13.3 Å². The van der Waals surface area contributed by atoms with Gasteiger partial charge in [0.2, 0.25) is 5.82 Å². The van der Waals surface area contributed by atoms with Crippen LogP contribution >= 0.6 is 7.60 Å². The first-order valence-electron chi connectivity index (χ1n) is 5.27. The van der Waals surface area contributed by atoms with Crippen LogP contribution in [0, 0.1) is 5.82 Å². The highest BCUT2D eigenvalue weighted by molar-refractivity contribution is 7.51. The quantitative estimate of drug-likeness (QED) is 0.492. The van der Waals surface area contributed by atoms with Gasteiger partial charge < -0.3 is 19.3 Å². The largest absolute Gasteiger partial charge is 0.351 e. The van der Waals surface area contributed by atoms with Crippen LogP contribution in [-0.4, -0.2) is 32.0 Å². The molecule has 110 valence electrons. The maximum absolute atomic E-state index is 13.1. The summed E-state index contributed by atoms with van der Waals surface area (Å²) in [7, 11) is -4.35. The molecule has 2 atom stereocenters. The van der Waals surface area contributed by atoms with E-state index in [-0.39, 0.29) is 0 Å². The lowest BCUT2D eigenvalue weighted by molar-refractivity contribution is -0.127. The van der Waals surface area contributed by atoms with E-state index in [0.717, 1.165) is 4.57 Å². The first-order chi connectivity index (χ1) is 9.26. The van der Waals surface area contributed by atoms with Gasteiger partial charge in [-0.3, -0.25) is 18.9 Å². The lowest BCUT2D eigenvalue weighted by Gasteiger charge is -2.16. The van der Waals surface area contributed by atoms with Crippen LogP contribution in [-0.2, 0) is 14.0 Å². The molecule has 0 aliphatic carbocycles. The minimum absolute atomic E-state index is 0.668. The van der Waals surface area contributed by atoms with Crippen LogP contribution in [0.1, 0.15) is 6.23 Å². The van der Waals surface area contributed by atoms with Crippen molar-refractivity contribution in [2.75, 3.05) is 6.35 Å². The van der Waals surface area contributed by atoms with Gasteiger partial charge in [0.15, 0.2) is 18.9 Å². The Morgan fingerprint density at radius 1 is 1.45 bits per heavy atom. The smallest absolute Gasteiger partial charge is 0.336 e. The average molecular weight is 308 g/mol. The van der Waals surface area contributed by atoms with Gasteiger partial charge in [-0.05, 0) is 12.2 Å². The predicted octanol–water partition coefficient (Wildman–Crippen LogP) is -0.761. The van der Waals surface area contributed by atoms with Crippen molar-refractivity contribution in [1.29, 1.82) is 0 Å². The van der Waals surface area contributed by atoms with Gasteiger partial charge in [0.05, 0.1) is 6.20 Å². The van der Waals surface area contributed by atoms with Crippen molar-refractivity contribution < 1.29 is 28.2 Å². The number of H-pyrrole nitrogens is 1. The summed E-state index contributed by atoms with van der Waals surface area (Å²) in [6, 6.07) is 0. The van der Waals surface area contributed by atoms with E-state index < -0.39 is 43.5 Å². The molecule has 2 heterocycles. The van der Waals surface area contributed by atoms with Crippen molar-refractivity contribution >= 4 is 7.60 Å². The van der Waals surface area contributed by atoms with E-state index in [9.17, 15) is 18.5 Å². The summed E-state index contributed by atoms with van der Waals surface area (Å²) in [5.41, 5.74) is -2.04. The van der Waals surface area contributed by atoms with Crippen molar-refractivity contribution in [3.63, 3.8) is 0 Å². The Morgan fingerprint density at radius 2 is 2.15 bits per heavy atom. The molecule has 20 heavy (non-hydrogen) atoms. The third-order valence-electron chi connectivity index (χ3n) is 2.31. The molecular formula is C9H10FN2O7P. The summed E-state index contributed by atoms with van der Waals surface area (Å²) >= 11 is 0. The number of hydrogen-bond donors (Lipinski definition) is 3. The van der Waals surface area contributed by atoms with E-state index in [1.54, 1.807) is 4.98 Å². The number of ether oxygens (including phenoxy) is 2. The first-order valence-corrected chi connectivity index (χ1v) is 7.07. The molecule has 0 aromatic carbocycles. The molecule has 2 rings (SSSR count). The van der Waals surface area contributed by atoms with Crippen LogP contribution in [0.15, 0.2) is 27.9 Å². The van der Waals surface area contributed by atoms with Crippen LogP contribution in [0.25, 0.3) is 0 Å². The Morgan fingerprint density at radius 3 is 2.80 bits per heavy atom. The lowest BCUT2D eigenvalue weighted by Crippen LogP contribution is -2.34. The predicted molar refractivity (Wildman–Crippen MR) is 62.3 cm³/mol. The minimum atomic E-state index is -4.35. The second-order valence-electron chi connectivity index (χ2n) is 3.88. The summed E-state index contributed by atoms with van der Waals surface area (Å²) in [6.07, 6.45) is 0.301. The van der Waals surface area contributed by atoms with Crippen LogP contribution < -0.4 is 11.2 Å². The van der Waals surface area contributed by atoms with Crippen LogP contribution in [0.5, 0.6) is 0 Å². The Hall–Kier alpha value is -1.58. The number of nitrogens with zero attached hydrogens (tertiary/aromatic N) is 1. The average Bonchev–Trinajstić information content (AvgIpc) is 2.79. The highest BCUT2D eigenvalue weighted by atomic mass is 31.2. The molecule has 0 spiro atoms. The van der Waals surface area contributed by atoms with E-state index >= 15 is 0 Å². The Balaban J connectivity index is 2.09. The summed E-state index contributed by atoms with van der Waals surface area (Å²) in [5.74, 6) is -1.17. The van der Waals surface area contributed by atoms with E-state index in [0.29, 0.717) is 6.20 Å². The zero-order chi connectivity index (χ0) is 14.9. The fourth-order valence-electron chi connectivity index (χ4n) is 1.49. The number of aromatic amines is 1.